The summed E-state index contributed by atoms with van der Waals surface area (Å²) in [6.07, 6.45) is 0.0230. The van der Waals surface area contributed by atoms with E-state index in [0.717, 1.165) is 5.69 Å². The molecule has 0 radical (unpaired) electrons. The van der Waals surface area contributed by atoms with Gasteiger partial charge in [-0.2, -0.15) is 0 Å². The molecule has 1 aromatic rings. The highest BCUT2D eigenvalue weighted by atomic mass is 16.7. The second kappa shape index (κ2) is 6.08. The molecule has 4 aliphatic rings. The summed E-state index contributed by atoms with van der Waals surface area (Å²) in [6, 6.07) is 5.17. The van der Waals surface area contributed by atoms with Gasteiger partial charge in [-0.3, -0.25) is 9.69 Å². The molecule has 3 saturated heterocycles. The van der Waals surface area contributed by atoms with Crippen LogP contribution in [0.4, 0.5) is 16.2 Å². The Labute approximate surface area is 155 Å². The number of cyclic esters (lactones) is 1. The maximum absolute atomic E-state index is 12.7. The lowest BCUT2D eigenvalue weighted by molar-refractivity contribution is -0.177. The van der Waals surface area contributed by atoms with E-state index in [1.54, 1.807) is 21.9 Å². The van der Waals surface area contributed by atoms with E-state index in [1.165, 1.54) is 0 Å². The Bertz CT molecular complexity index is 793. The first-order chi connectivity index (χ1) is 13.1. The van der Waals surface area contributed by atoms with Crippen LogP contribution in [0.2, 0.25) is 0 Å². The third-order valence-electron chi connectivity index (χ3n) is 5.62. The first kappa shape index (κ1) is 16.8. The zero-order valence-corrected chi connectivity index (χ0v) is 14.8. The smallest absolute Gasteiger partial charge is 0.415 e. The van der Waals surface area contributed by atoms with Gasteiger partial charge in [-0.05, 0) is 12.1 Å². The van der Waals surface area contributed by atoms with Crippen molar-refractivity contribution < 1.29 is 28.5 Å². The molecule has 27 heavy (non-hydrogen) atoms. The summed E-state index contributed by atoms with van der Waals surface area (Å²) in [5.74, 6) is -0.261. The SMILES string of the molecule is NCC1OC(=O)N2c3ccc(N4CCC5(CC4=O)OCCO5)cc3OCC12. The van der Waals surface area contributed by atoms with E-state index < -0.39 is 11.9 Å². The van der Waals surface area contributed by atoms with Crippen molar-refractivity contribution in [2.75, 3.05) is 42.7 Å². The maximum Gasteiger partial charge on any atom is 0.415 e. The van der Waals surface area contributed by atoms with Crippen LogP contribution in [-0.2, 0) is 19.0 Å². The number of carbonyl (C=O) groups excluding carboxylic acids is 2. The minimum Gasteiger partial charge on any atom is -0.489 e. The first-order valence-corrected chi connectivity index (χ1v) is 9.15. The van der Waals surface area contributed by atoms with Crippen LogP contribution in [0.5, 0.6) is 5.75 Å². The number of nitrogens with zero attached hydrogens (tertiary/aromatic N) is 2. The lowest BCUT2D eigenvalue weighted by atomic mass is 10.0. The molecule has 4 heterocycles. The van der Waals surface area contributed by atoms with Gasteiger partial charge in [-0.25, -0.2) is 4.79 Å². The summed E-state index contributed by atoms with van der Waals surface area (Å²) in [5, 5.41) is 0. The predicted molar refractivity (Wildman–Crippen MR) is 93.7 cm³/mol. The molecule has 1 spiro atoms. The molecule has 144 valence electrons. The van der Waals surface area contributed by atoms with E-state index in [0.29, 0.717) is 44.2 Å². The van der Waals surface area contributed by atoms with Crippen molar-refractivity contribution in [3.8, 4) is 5.75 Å². The Morgan fingerprint density at radius 3 is 2.78 bits per heavy atom. The van der Waals surface area contributed by atoms with E-state index in [1.807, 2.05) is 6.07 Å². The van der Waals surface area contributed by atoms with Gasteiger partial charge in [0.1, 0.15) is 24.5 Å². The average Bonchev–Trinajstić information content (AvgIpc) is 3.25. The number of piperidine rings is 1. The zero-order chi connectivity index (χ0) is 18.6. The van der Waals surface area contributed by atoms with Gasteiger partial charge in [0.15, 0.2) is 5.79 Å². The third-order valence-corrected chi connectivity index (χ3v) is 5.62. The highest BCUT2D eigenvalue weighted by molar-refractivity contribution is 5.97. The molecular formula is C18H21N3O6. The standard InChI is InChI=1S/C18H21N3O6/c19-9-15-13-10-24-14-7-11(1-2-12(14)21(13)17(23)27-15)20-4-3-18(8-16(20)22)25-5-6-26-18/h1-2,7,13,15H,3-6,8-10,19H2. The first-order valence-electron chi connectivity index (χ1n) is 9.15. The van der Waals surface area contributed by atoms with Crippen molar-refractivity contribution >= 4 is 23.4 Å². The van der Waals surface area contributed by atoms with E-state index in [4.69, 9.17) is 24.7 Å². The van der Waals surface area contributed by atoms with Crippen molar-refractivity contribution in [3.63, 3.8) is 0 Å². The summed E-state index contributed by atoms with van der Waals surface area (Å²) in [6.45, 7) is 2.11. The molecule has 3 fully saturated rings. The monoisotopic (exact) mass is 375 g/mol. The summed E-state index contributed by atoms with van der Waals surface area (Å²) < 4.78 is 22.5. The molecule has 9 heteroatoms. The molecule has 0 bridgehead atoms. The highest BCUT2D eigenvalue weighted by Gasteiger charge is 2.47. The number of carbonyl (C=O) groups is 2. The topological polar surface area (TPSA) is 104 Å². The molecule has 2 atom stereocenters. The number of hydrogen-bond donors (Lipinski definition) is 1. The lowest BCUT2D eigenvalue weighted by Gasteiger charge is -2.37. The van der Waals surface area contributed by atoms with E-state index in [9.17, 15) is 9.59 Å². The minimum absolute atomic E-state index is 0.0550. The molecule has 2 N–H and O–H groups in total. The molecule has 0 aliphatic carbocycles. The Hall–Kier alpha value is -2.36. The van der Waals surface area contributed by atoms with Crippen LogP contribution < -0.4 is 20.3 Å². The predicted octanol–water partition coefficient (Wildman–Crippen LogP) is 0.601. The highest BCUT2D eigenvalue weighted by Crippen LogP contribution is 2.42. The molecule has 9 nitrogen and oxygen atoms in total. The van der Waals surface area contributed by atoms with Crippen LogP contribution in [0.15, 0.2) is 18.2 Å². The van der Waals surface area contributed by atoms with Crippen molar-refractivity contribution in [2.45, 2.75) is 30.8 Å². The number of hydrogen-bond acceptors (Lipinski definition) is 7. The van der Waals surface area contributed by atoms with Gasteiger partial charge in [0.2, 0.25) is 5.91 Å². The van der Waals surface area contributed by atoms with Crippen LogP contribution in [0, 0.1) is 0 Å². The summed E-state index contributed by atoms with van der Waals surface area (Å²) in [7, 11) is 0. The van der Waals surface area contributed by atoms with E-state index >= 15 is 0 Å². The molecule has 4 aliphatic heterocycles. The van der Waals surface area contributed by atoms with Gasteiger partial charge in [-0.15, -0.1) is 0 Å². The van der Waals surface area contributed by atoms with Crippen molar-refractivity contribution in [1.82, 2.24) is 0 Å². The molecule has 1 aromatic carbocycles. The van der Waals surface area contributed by atoms with Crippen molar-refractivity contribution in [2.24, 2.45) is 5.73 Å². The van der Waals surface area contributed by atoms with Gasteiger partial charge in [0.25, 0.3) is 0 Å². The van der Waals surface area contributed by atoms with Crippen molar-refractivity contribution in [3.05, 3.63) is 18.2 Å². The minimum atomic E-state index is -0.762. The van der Waals surface area contributed by atoms with Crippen LogP contribution in [0.1, 0.15) is 12.8 Å². The molecule has 0 saturated carbocycles. The number of fused-ring (bicyclic) bond motifs is 3. The number of anilines is 2. The number of rotatable bonds is 2. The fourth-order valence-corrected chi connectivity index (χ4v) is 4.23. The fourth-order valence-electron chi connectivity index (χ4n) is 4.23. The van der Waals surface area contributed by atoms with E-state index in [-0.39, 0.29) is 31.0 Å². The van der Waals surface area contributed by atoms with Gasteiger partial charge in [-0.1, -0.05) is 0 Å². The average molecular weight is 375 g/mol. The fraction of sp³-hybridized carbons (Fsp3) is 0.556. The second-order valence-corrected chi connectivity index (χ2v) is 7.14. The largest absolute Gasteiger partial charge is 0.489 e. The number of nitrogens with two attached hydrogens (primary N) is 1. The van der Waals surface area contributed by atoms with Crippen molar-refractivity contribution in [1.29, 1.82) is 0 Å². The Balaban J connectivity index is 1.39. The zero-order valence-electron chi connectivity index (χ0n) is 14.8. The number of amides is 2. The van der Waals surface area contributed by atoms with Gasteiger partial charge in [0.05, 0.1) is 25.3 Å². The quantitative estimate of drug-likeness (QED) is 0.807. The summed E-state index contributed by atoms with van der Waals surface area (Å²) in [5.41, 5.74) is 7.05. The van der Waals surface area contributed by atoms with Crippen LogP contribution in [-0.4, -0.2) is 62.8 Å². The Morgan fingerprint density at radius 2 is 2.04 bits per heavy atom. The maximum atomic E-state index is 12.7. The third kappa shape index (κ3) is 2.57. The summed E-state index contributed by atoms with van der Waals surface area (Å²) >= 11 is 0. The Morgan fingerprint density at radius 1 is 1.22 bits per heavy atom. The van der Waals surface area contributed by atoms with Gasteiger partial charge < -0.3 is 29.6 Å². The number of ether oxygens (including phenoxy) is 4. The molecule has 5 rings (SSSR count). The second-order valence-electron chi connectivity index (χ2n) is 7.14. The normalized spacial score (nSPS) is 28.8. The van der Waals surface area contributed by atoms with Gasteiger partial charge >= 0.3 is 6.09 Å². The molecular weight excluding hydrogens is 354 g/mol. The molecule has 0 aromatic heterocycles. The number of benzene rings is 1. The van der Waals surface area contributed by atoms with Gasteiger partial charge in [0, 0.05) is 31.3 Å². The van der Waals surface area contributed by atoms with Crippen LogP contribution in [0.25, 0.3) is 0 Å². The summed E-state index contributed by atoms with van der Waals surface area (Å²) in [4.78, 5) is 28.2. The van der Waals surface area contributed by atoms with Crippen LogP contribution in [0.3, 0.4) is 0 Å². The van der Waals surface area contributed by atoms with Crippen LogP contribution >= 0.6 is 0 Å². The Kier molecular flexibility index (Phi) is 3.78. The molecule has 2 unspecified atom stereocenters. The lowest BCUT2D eigenvalue weighted by Crippen LogP contribution is -2.49. The molecule has 2 amide bonds. The van der Waals surface area contributed by atoms with E-state index in [2.05, 4.69) is 0 Å².